The zero-order valence-electron chi connectivity index (χ0n) is 15.4. The van der Waals surface area contributed by atoms with Crippen LogP contribution in [0.2, 0.25) is 0 Å². The van der Waals surface area contributed by atoms with Crippen molar-refractivity contribution in [3.63, 3.8) is 0 Å². The molecule has 7 heteroatoms. The van der Waals surface area contributed by atoms with E-state index in [0.29, 0.717) is 30.5 Å². The second-order valence-electron chi connectivity index (χ2n) is 5.74. The van der Waals surface area contributed by atoms with E-state index in [1.54, 1.807) is 7.11 Å². The van der Waals surface area contributed by atoms with Gasteiger partial charge in [0, 0.05) is 6.54 Å². The first kappa shape index (κ1) is 18.3. The molecule has 0 fully saturated rings. The van der Waals surface area contributed by atoms with Gasteiger partial charge in [-0.15, -0.1) is 0 Å². The Balaban J connectivity index is 1.73. The molecule has 2 aromatic carbocycles. The summed E-state index contributed by atoms with van der Waals surface area (Å²) in [5, 5.41) is 6.47. The van der Waals surface area contributed by atoms with Crippen LogP contribution in [-0.2, 0) is 6.54 Å². The summed E-state index contributed by atoms with van der Waals surface area (Å²) in [4.78, 5) is 8.50. The van der Waals surface area contributed by atoms with Crippen molar-refractivity contribution in [3.05, 3.63) is 60.4 Å². The van der Waals surface area contributed by atoms with Crippen LogP contribution in [0, 0.1) is 0 Å². The molecule has 3 rings (SSSR count). The van der Waals surface area contributed by atoms with Gasteiger partial charge in [-0.3, -0.25) is 0 Å². The van der Waals surface area contributed by atoms with E-state index in [2.05, 4.69) is 20.6 Å². The monoisotopic (exact) mass is 365 g/mol. The van der Waals surface area contributed by atoms with Crippen LogP contribution in [0.25, 0.3) is 0 Å². The highest BCUT2D eigenvalue weighted by molar-refractivity contribution is 5.79. The lowest BCUT2D eigenvalue weighted by Gasteiger charge is -2.15. The first-order valence-corrected chi connectivity index (χ1v) is 8.67. The van der Waals surface area contributed by atoms with Crippen LogP contribution in [-0.4, -0.2) is 23.7 Å². The molecular formula is C20H23N5O2. The first-order chi connectivity index (χ1) is 13.2. The van der Waals surface area contributed by atoms with Crippen LogP contribution < -0.4 is 25.8 Å². The lowest BCUT2D eigenvalue weighted by atomic mass is 10.2. The summed E-state index contributed by atoms with van der Waals surface area (Å²) in [7, 11) is 1.65. The number of rotatable bonds is 8. The predicted octanol–water partition coefficient (Wildman–Crippen LogP) is 3.82. The number of benzene rings is 2. The number of hydrogen-bond donors (Lipinski definition) is 3. The van der Waals surface area contributed by atoms with E-state index in [-0.39, 0.29) is 0 Å². The Morgan fingerprint density at radius 2 is 1.74 bits per heavy atom. The van der Waals surface area contributed by atoms with Crippen molar-refractivity contribution in [3.8, 4) is 11.5 Å². The van der Waals surface area contributed by atoms with Gasteiger partial charge < -0.3 is 25.8 Å². The minimum atomic E-state index is 0.442. The normalized spacial score (nSPS) is 10.3. The Labute approximate surface area is 158 Å². The average molecular weight is 365 g/mol. The Morgan fingerprint density at radius 1 is 1.00 bits per heavy atom. The Morgan fingerprint density at radius 3 is 2.48 bits per heavy atom. The third-order valence-corrected chi connectivity index (χ3v) is 3.94. The minimum Gasteiger partial charge on any atom is -0.497 e. The van der Waals surface area contributed by atoms with Crippen molar-refractivity contribution < 1.29 is 9.47 Å². The van der Waals surface area contributed by atoms with Crippen molar-refractivity contribution >= 4 is 23.0 Å². The third kappa shape index (κ3) is 4.58. The van der Waals surface area contributed by atoms with Crippen LogP contribution in [0.4, 0.5) is 23.0 Å². The summed E-state index contributed by atoms with van der Waals surface area (Å²) in [6.07, 6.45) is 1.47. The molecule has 7 nitrogen and oxygen atoms in total. The molecule has 0 atom stereocenters. The lowest BCUT2D eigenvalue weighted by Crippen LogP contribution is -2.08. The molecule has 0 amide bonds. The number of nitrogens with zero attached hydrogens (tertiary/aromatic N) is 2. The van der Waals surface area contributed by atoms with Crippen molar-refractivity contribution in [1.29, 1.82) is 0 Å². The van der Waals surface area contributed by atoms with E-state index in [4.69, 9.17) is 15.2 Å². The molecule has 0 aliphatic carbocycles. The molecule has 0 aliphatic heterocycles. The number of nitrogens with two attached hydrogens (primary N) is 1. The van der Waals surface area contributed by atoms with Gasteiger partial charge >= 0.3 is 0 Å². The number of nitrogens with one attached hydrogen (secondary N) is 2. The number of methoxy groups -OCH3 is 1. The Kier molecular flexibility index (Phi) is 5.94. The zero-order valence-corrected chi connectivity index (χ0v) is 15.4. The van der Waals surface area contributed by atoms with Crippen LogP contribution in [0.1, 0.15) is 12.5 Å². The van der Waals surface area contributed by atoms with Crippen LogP contribution in [0.3, 0.4) is 0 Å². The fraction of sp³-hybridized carbons (Fsp3) is 0.200. The standard InChI is InChI=1S/C20H23N5O2/c1-3-27-17-7-5-4-6-16(17)25-20-18(21)19(23-13-24-20)22-12-14-8-10-15(26-2)11-9-14/h4-11,13H,3,12,21H2,1-2H3,(H2,22,23,24,25). The van der Waals surface area contributed by atoms with Gasteiger partial charge in [-0.1, -0.05) is 24.3 Å². The molecule has 0 saturated heterocycles. The molecule has 0 unspecified atom stereocenters. The first-order valence-electron chi connectivity index (χ1n) is 8.67. The molecule has 0 saturated carbocycles. The maximum absolute atomic E-state index is 6.25. The molecule has 0 aliphatic rings. The molecule has 140 valence electrons. The molecule has 0 radical (unpaired) electrons. The van der Waals surface area contributed by atoms with Crippen LogP contribution >= 0.6 is 0 Å². The van der Waals surface area contributed by atoms with Gasteiger partial charge in [-0.05, 0) is 36.8 Å². The van der Waals surface area contributed by atoms with Gasteiger partial charge in [-0.25, -0.2) is 9.97 Å². The number of hydrogen-bond acceptors (Lipinski definition) is 7. The van der Waals surface area contributed by atoms with Crippen molar-refractivity contribution in [2.45, 2.75) is 13.5 Å². The van der Waals surface area contributed by atoms with E-state index in [1.807, 2.05) is 55.5 Å². The molecule has 3 aromatic rings. The van der Waals surface area contributed by atoms with Crippen molar-refractivity contribution in [1.82, 2.24) is 9.97 Å². The molecule has 0 bridgehead atoms. The fourth-order valence-electron chi connectivity index (χ4n) is 2.54. The summed E-state index contributed by atoms with van der Waals surface area (Å²) >= 11 is 0. The summed E-state index contributed by atoms with van der Waals surface area (Å²) in [6, 6.07) is 15.5. The maximum atomic E-state index is 6.25. The van der Waals surface area contributed by atoms with E-state index in [0.717, 1.165) is 22.7 Å². The molecule has 1 aromatic heterocycles. The largest absolute Gasteiger partial charge is 0.497 e. The summed E-state index contributed by atoms with van der Waals surface area (Å²) < 4.78 is 10.8. The van der Waals surface area contributed by atoms with Crippen LogP contribution in [0.15, 0.2) is 54.9 Å². The molecule has 0 spiro atoms. The average Bonchev–Trinajstić information content (AvgIpc) is 2.70. The fourth-order valence-corrected chi connectivity index (χ4v) is 2.54. The second-order valence-corrected chi connectivity index (χ2v) is 5.74. The summed E-state index contributed by atoms with van der Waals surface area (Å²) in [5.74, 6) is 2.65. The summed E-state index contributed by atoms with van der Waals surface area (Å²) in [6.45, 7) is 3.10. The van der Waals surface area contributed by atoms with E-state index >= 15 is 0 Å². The number of para-hydroxylation sites is 2. The zero-order chi connectivity index (χ0) is 19.1. The van der Waals surface area contributed by atoms with Gasteiger partial charge in [-0.2, -0.15) is 0 Å². The molecule has 1 heterocycles. The number of ether oxygens (including phenoxy) is 2. The maximum Gasteiger partial charge on any atom is 0.159 e. The summed E-state index contributed by atoms with van der Waals surface area (Å²) in [5.41, 5.74) is 8.58. The molecule has 4 N–H and O–H groups in total. The van der Waals surface area contributed by atoms with E-state index in [9.17, 15) is 0 Å². The number of anilines is 4. The topological polar surface area (TPSA) is 94.3 Å². The van der Waals surface area contributed by atoms with Gasteiger partial charge in [0.1, 0.15) is 23.5 Å². The number of aromatic nitrogens is 2. The minimum absolute atomic E-state index is 0.442. The molecular weight excluding hydrogens is 342 g/mol. The third-order valence-electron chi connectivity index (χ3n) is 3.94. The van der Waals surface area contributed by atoms with Crippen molar-refractivity contribution in [2.75, 3.05) is 30.1 Å². The van der Waals surface area contributed by atoms with Crippen molar-refractivity contribution in [2.24, 2.45) is 0 Å². The molecule has 27 heavy (non-hydrogen) atoms. The van der Waals surface area contributed by atoms with Gasteiger partial charge in [0.2, 0.25) is 0 Å². The Bertz CT molecular complexity index is 884. The quantitative estimate of drug-likeness (QED) is 0.558. The van der Waals surface area contributed by atoms with Crippen LogP contribution in [0.5, 0.6) is 11.5 Å². The predicted molar refractivity (Wildman–Crippen MR) is 108 cm³/mol. The highest BCUT2D eigenvalue weighted by atomic mass is 16.5. The number of nitrogen functional groups attached to an aromatic ring is 1. The Hall–Kier alpha value is -3.48. The van der Waals surface area contributed by atoms with E-state index < -0.39 is 0 Å². The SMILES string of the molecule is CCOc1ccccc1Nc1ncnc(NCc2ccc(OC)cc2)c1N. The highest BCUT2D eigenvalue weighted by Gasteiger charge is 2.10. The highest BCUT2D eigenvalue weighted by Crippen LogP contribution is 2.31. The lowest BCUT2D eigenvalue weighted by molar-refractivity contribution is 0.342. The van der Waals surface area contributed by atoms with Gasteiger partial charge in [0.15, 0.2) is 11.6 Å². The van der Waals surface area contributed by atoms with Gasteiger partial charge in [0.25, 0.3) is 0 Å². The second kappa shape index (κ2) is 8.75. The van der Waals surface area contributed by atoms with Gasteiger partial charge in [0.05, 0.1) is 19.4 Å². The van der Waals surface area contributed by atoms with E-state index in [1.165, 1.54) is 6.33 Å². The smallest absolute Gasteiger partial charge is 0.159 e.